The highest BCUT2D eigenvalue weighted by molar-refractivity contribution is 5.84. The van der Waals surface area contributed by atoms with Crippen molar-refractivity contribution in [2.75, 3.05) is 7.11 Å². The van der Waals surface area contributed by atoms with E-state index in [0.29, 0.717) is 22.6 Å². The summed E-state index contributed by atoms with van der Waals surface area (Å²) in [7, 11) is 1.61. The van der Waals surface area contributed by atoms with Crippen molar-refractivity contribution in [3.8, 4) is 11.8 Å². The van der Waals surface area contributed by atoms with Crippen molar-refractivity contribution in [3.63, 3.8) is 0 Å². The number of allylic oxidation sites excluding steroid dienone is 4. The molecule has 0 aliphatic carbocycles. The third kappa shape index (κ3) is 2.82. The van der Waals surface area contributed by atoms with E-state index in [1.54, 1.807) is 26.2 Å². The summed E-state index contributed by atoms with van der Waals surface area (Å²) in [5.41, 5.74) is 8.02. The summed E-state index contributed by atoms with van der Waals surface area (Å²) in [5.74, 6) is 1.36. The average Bonchev–Trinajstić information content (AvgIpc) is 2.90. The Kier molecular flexibility index (Phi) is 4.15. The first-order valence-corrected chi connectivity index (χ1v) is 6.38. The molecule has 0 saturated carbocycles. The Bertz CT molecular complexity index is 789. The van der Waals surface area contributed by atoms with E-state index >= 15 is 0 Å². The minimum absolute atomic E-state index is 0.364. The van der Waals surface area contributed by atoms with Crippen LogP contribution in [0.25, 0.3) is 16.5 Å². The lowest BCUT2D eigenvalue weighted by Crippen LogP contribution is -2.01. The monoisotopic (exact) mass is 280 g/mol. The van der Waals surface area contributed by atoms with Crippen molar-refractivity contribution < 1.29 is 9.15 Å². The third-order valence-electron chi connectivity index (χ3n) is 3.17. The van der Waals surface area contributed by atoms with Crippen LogP contribution >= 0.6 is 0 Å². The van der Waals surface area contributed by atoms with Crippen molar-refractivity contribution in [2.24, 2.45) is 5.73 Å². The van der Waals surface area contributed by atoms with Crippen LogP contribution in [0.15, 0.2) is 58.7 Å². The van der Waals surface area contributed by atoms with Crippen LogP contribution in [0.1, 0.15) is 12.7 Å². The number of nitrogens with zero attached hydrogens (tertiary/aromatic N) is 1. The molecule has 0 atom stereocenters. The second kappa shape index (κ2) is 6.02. The first-order valence-electron chi connectivity index (χ1n) is 6.38. The molecule has 1 aromatic heterocycles. The van der Waals surface area contributed by atoms with Crippen molar-refractivity contribution in [2.45, 2.75) is 6.92 Å². The van der Waals surface area contributed by atoms with Gasteiger partial charge in [0.2, 0.25) is 0 Å². The lowest BCUT2D eigenvalue weighted by atomic mass is 10.1. The standard InChI is InChI=1S/C17H16N2O2/c1-4-5-15(19)14(10-18)11(2)17-9-12-8-13(20-3)6-7-16(12)21-17/h4-9H,1,19H2,2-3H3/b14-11+,15-5+. The minimum Gasteiger partial charge on any atom is -0.497 e. The molecule has 4 heteroatoms. The summed E-state index contributed by atoms with van der Waals surface area (Å²) < 4.78 is 11.0. The topological polar surface area (TPSA) is 72.2 Å². The Hall–Kier alpha value is -2.93. The molecule has 2 aromatic rings. The Morgan fingerprint density at radius 1 is 1.43 bits per heavy atom. The maximum atomic E-state index is 9.29. The third-order valence-corrected chi connectivity index (χ3v) is 3.17. The fourth-order valence-electron chi connectivity index (χ4n) is 2.03. The average molecular weight is 280 g/mol. The normalized spacial score (nSPS) is 12.7. The molecule has 4 nitrogen and oxygen atoms in total. The number of hydrogen-bond acceptors (Lipinski definition) is 4. The zero-order chi connectivity index (χ0) is 15.4. The smallest absolute Gasteiger partial charge is 0.135 e. The molecule has 2 N–H and O–H groups in total. The van der Waals surface area contributed by atoms with Crippen LogP contribution in [0.4, 0.5) is 0 Å². The predicted octanol–water partition coefficient (Wildman–Crippen LogP) is 3.77. The van der Waals surface area contributed by atoms with Crippen molar-refractivity contribution in [3.05, 3.63) is 60.0 Å². The van der Waals surface area contributed by atoms with E-state index in [0.717, 1.165) is 16.7 Å². The molecule has 0 saturated heterocycles. The molecular formula is C17H16N2O2. The highest BCUT2D eigenvalue weighted by atomic mass is 16.5. The molecule has 21 heavy (non-hydrogen) atoms. The van der Waals surface area contributed by atoms with E-state index in [1.165, 1.54) is 0 Å². The van der Waals surface area contributed by atoms with Crippen molar-refractivity contribution in [1.29, 1.82) is 5.26 Å². The fraction of sp³-hybridized carbons (Fsp3) is 0.118. The van der Waals surface area contributed by atoms with Crippen LogP contribution in [0.5, 0.6) is 5.75 Å². The van der Waals surface area contributed by atoms with E-state index in [1.807, 2.05) is 24.3 Å². The van der Waals surface area contributed by atoms with E-state index in [2.05, 4.69) is 12.6 Å². The Balaban J connectivity index is 2.57. The molecule has 0 radical (unpaired) electrons. The van der Waals surface area contributed by atoms with Crippen molar-refractivity contribution >= 4 is 16.5 Å². The maximum Gasteiger partial charge on any atom is 0.135 e. The number of ether oxygens (including phenoxy) is 1. The van der Waals surface area contributed by atoms with Gasteiger partial charge in [-0.2, -0.15) is 5.26 Å². The van der Waals surface area contributed by atoms with Gasteiger partial charge < -0.3 is 14.9 Å². The first-order chi connectivity index (χ1) is 10.1. The highest BCUT2D eigenvalue weighted by Crippen LogP contribution is 2.29. The summed E-state index contributed by atoms with van der Waals surface area (Å²) in [6, 6.07) is 9.51. The van der Waals surface area contributed by atoms with Crippen LogP contribution in [0, 0.1) is 11.3 Å². The largest absolute Gasteiger partial charge is 0.497 e. The van der Waals surface area contributed by atoms with Gasteiger partial charge in [-0.3, -0.25) is 0 Å². The van der Waals surface area contributed by atoms with E-state index in [4.69, 9.17) is 14.9 Å². The summed E-state index contributed by atoms with van der Waals surface area (Å²) >= 11 is 0. The lowest BCUT2D eigenvalue weighted by Gasteiger charge is -2.02. The van der Waals surface area contributed by atoms with Gasteiger partial charge in [0.1, 0.15) is 23.2 Å². The lowest BCUT2D eigenvalue weighted by molar-refractivity contribution is 0.415. The summed E-state index contributed by atoms with van der Waals surface area (Å²) in [4.78, 5) is 0. The maximum absolute atomic E-state index is 9.29. The van der Waals surface area contributed by atoms with Gasteiger partial charge in [0.25, 0.3) is 0 Å². The number of benzene rings is 1. The molecule has 0 bridgehead atoms. The minimum atomic E-state index is 0.364. The molecule has 1 aromatic carbocycles. The van der Waals surface area contributed by atoms with Gasteiger partial charge in [-0.1, -0.05) is 12.7 Å². The molecule has 106 valence electrons. The Morgan fingerprint density at radius 2 is 2.19 bits per heavy atom. The van der Waals surface area contributed by atoms with Gasteiger partial charge in [-0.05, 0) is 37.3 Å². The second-order valence-electron chi connectivity index (χ2n) is 4.48. The zero-order valence-electron chi connectivity index (χ0n) is 12.0. The first kappa shape index (κ1) is 14.5. The molecule has 0 aliphatic rings. The number of hydrogen-bond donors (Lipinski definition) is 1. The van der Waals surface area contributed by atoms with Gasteiger partial charge >= 0.3 is 0 Å². The Labute approximate surface area is 123 Å². The summed E-state index contributed by atoms with van der Waals surface area (Å²) in [5, 5.41) is 10.2. The molecule has 0 unspecified atom stereocenters. The summed E-state index contributed by atoms with van der Waals surface area (Å²) in [6.07, 6.45) is 3.14. The van der Waals surface area contributed by atoms with Crippen LogP contribution in [0.2, 0.25) is 0 Å². The Morgan fingerprint density at radius 3 is 2.81 bits per heavy atom. The van der Waals surface area contributed by atoms with Crippen LogP contribution < -0.4 is 10.5 Å². The number of nitrogens with two attached hydrogens (primary N) is 1. The highest BCUT2D eigenvalue weighted by Gasteiger charge is 2.12. The van der Waals surface area contributed by atoms with Gasteiger partial charge in [0, 0.05) is 16.7 Å². The van der Waals surface area contributed by atoms with Gasteiger partial charge in [-0.15, -0.1) is 0 Å². The number of nitriles is 1. The SMILES string of the molecule is C=C/C=C(N)\C(C#N)=C(/C)c1cc2cc(OC)ccc2o1. The second-order valence-corrected chi connectivity index (χ2v) is 4.48. The van der Waals surface area contributed by atoms with Crippen molar-refractivity contribution in [1.82, 2.24) is 0 Å². The number of furan rings is 1. The molecular weight excluding hydrogens is 264 g/mol. The molecule has 0 aliphatic heterocycles. The van der Waals surface area contributed by atoms with Gasteiger partial charge in [0.15, 0.2) is 0 Å². The number of fused-ring (bicyclic) bond motifs is 1. The van der Waals surface area contributed by atoms with Gasteiger partial charge in [0.05, 0.1) is 12.7 Å². The summed E-state index contributed by atoms with van der Waals surface area (Å²) in [6.45, 7) is 5.38. The van der Waals surface area contributed by atoms with Crippen LogP contribution in [0.3, 0.4) is 0 Å². The fourth-order valence-corrected chi connectivity index (χ4v) is 2.03. The predicted molar refractivity (Wildman–Crippen MR) is 83.4 cm³/mol. The molecule has 0 fully saturated rings. The van der Waals surface area contributed by atoms with E-state index < -0.39 is 0 Å². The number of rotatable bonds is 4. The van der Waals surface area contributed by atoms with E-state index in [9.17, 15) is 5.26 Å². The zero-order valence-corrected chi connectivity index (χ0v) is 12.0. The van der Waals surface area contributed by atoms with Crippen LogP contribution in [-0.2, 0) is 0 Å². The molecule has 1 heterocycles. The van der Waals surface area contributed by atoms with E-state index in [-0.39, 0.29) is 0 Å². The van der Waals surface area contributed by atoms with Gasteiger partial charge in [-0.25, -0.2) is 0 Å². The molecule has 0 amide bonds. The van der Waals surface area contributed by atoms with Crippen LogP contribution in [-0.4, -0.2) is 7.11 Å². The molecule has 0 spiro atoms. The molecule has 2 rings (SSSR count). The number of methoxy groups -OCH3 is 1. The quantitative estimate of drug-likeness (QED) is 0.683.